The Morgan fingerprint density at radius 2 is 1.76 bits per heavy atom. The first-order valence-corrected chi connectivity index (χ1v) is 11.1. The predicted molar refractivity (Wildman–Crippen MR) is 132 cm³/mol. The van der Waals surface area contributed by atoms with Gasteiger partial charge in [-0.25, -0.2) is 9.69 Å². The number of nitrogens with one attached hydrogen (secondary N) is 1. The van der Waals surface area contributed by atoms with Crippen LogP contribution in [0.1, 0.15) is 22.3 Å². The van der Waals surface area contributed by atoms with E-state index in [1.807, 2.05) is 19.1 Å². The summed E-state index contributed by atoms with van der Waals surface area (Å²) in [5, 5.41) is 3.28. The lowest BCUT2D eigenvalue weighted by Crippen LogP contribution is -2.54. The minimum absolute atomic E-state index is 0.154. The van der Waals surface area contributed by atoms with Crippen molar-refractivity contribution in [3.63, 3.8) is 0 Å². The normalized spacial score (nSPS) is 15.0. The highest BCUT2D eigenvalue weighted by Gasteiger charge is 2.37. The van der Waals surface area contributed by atoms with E-state index in [1.54, 1.807) is 55.5 Å². The van der Waals surface area contributed by atoms with Crippen molar-refractivity contribution in [1.29, 1.82) is 0 Å². The SMILES string of the molecule is Cc1ccc(C)c(N2C(=O)NC(=O)/C(=C/c3cccc(OCc4ccc(Cl)cc4Cl)c3)C2=O)c1. The van der Waals surface area contributed by atoms with E-state index in [4.69, 9.17) is 27.9 Å². The van der Waals surface area contributed by atoms with Gasteiger partial charge in [-0.3, -0.25) is 14.9 Å². The van der Waals surface area contributed by atoms with Crippen LogP contribution >= 0.6 is 23.2 Å². The minimum atomic E-state index is -0.780. The highest BCUT2D eigenvalue weighted by molar-refractivity contribution is 6.39. The highest BCUT2D eigenvalue weighted by Crippen LogP contribution is 2.27. The number of halogens is 2. The molecule has 0 atom stereocenters. The van der Waals surface area contributed by atoms with Crippen LogP contribution in [0.3, 0.4) is 0 Å². The Labute approximate surface area is 206 Å². The Hall–Kier alpha value is -3.61. The number of ether oxygens (including phenoxy) is 1. The van der Waals surface area contributed by atoms with E-state index >= 15 is 0 Å². The van der Waals surface area contributed by atoms with Gasteiger partial charge in [0.1, 0.15) is 17.9 Å². The Bertz CT molecular complexity index is 1350. The van der Waals surface area contributed by atoms with Gasteiger partial charge in [0.05, 0.1) is 5.69 Å². The summed E-state index contributed by atoms with van der Waals surface area (Å²) in [4.78, 5) is 39.2. The van der Waals surface area contributed by atoms with Crippen molar-refractivity contribution in [2.75, 3.05) is 4.90 Å². The maximum Gasteiger partial charge on any atom is 0.335 e. The molecule has 172 valence electrons. The number of imide groups is 2. The number of hydrogen-bond acceptors (Lipinski definition) is 4. The summed E-state index contributed by atoms with van der Waals surface area (Å²) < 4.78 is 5.83. The summed E-state index contributed by atoms with van der Waals surface area (Å²) in [6, 6.07) is 16.7. The standard InChI is InChI=1S/C26H20Cl2N2O4/c1-15-6-7-16(2)23(10-15)30-25(32)21(24(31)29-26(30)33)12-17-4-3-5-20(11-17)34-14-18-8-9-19(27)13-22(18)28/h3-13H,14H2,1-2H3,(H,29,31,33)/b21-12-. The Kier molecular flexibility index (Phi) is 6.72. The van der Waals surface area contributed by atoms with Crippen molar-refractivity contribution < 1.29 is 19.1 Å². The van der Waals surface area contributed by atoms with Crippen LogP contribution < -0.4 is 15.0 Å². The molecular formula is C26H20Cl2N2O4. The molecule has 1 N–H and O–H groups in total. The van der Waals surface area contributed by atoms with Gasteiger partial charge >= 0.3 is 6.03 Å². The summed E-state index contributed by atoms with van der Waals surface area (Å²) in [5.41, 5.74) is 3.22. The topological polar surface area (TPSA) is 75.7 Å². The van der Waals surface area contributed by atoms with E-state index < -0.39 is 17.8 Å². The number of urea groups is 1. The molecule has 34 heavy (non-hydrogen) atoms. The lowest BCUT2D eigenvalue weighted by molar-refractivity contribution is -0.122. The van der Waals surface area contributed by atoms with E-state index in [0.29, 0.717) is 27.0 Å². The average Bonchev–Trinajstić information content (AvgIpc) is 2.78. The molecule has 1 aliphatic rings. The molecule has 4 rings (SSSR count). The molecule has 6 nitrogen and oxygen atoms in total. The largest absolute Gasteiger partial charge is 0.489 e. The molecule has 1 fully saturated rings. The van der Waals surface area contributed by atoms with Crippen LogP contribution in [0, 0.1) is 13.8 Å². The minimum Gasteiger partial charge on any atom is -0.489 e. The predicted octanol–water partition coefficient (Wildman–Crippen LogP) is 5.86. The third kappa shape index (κ3) is 4.98. The second kappa shape index (κ2) is 9.71. The van der Waals surface area contributed by atoms with Gasteiger partial charge in [-0.15, -0.1) is 0 Å². The number of barbiturate groups is 1. The van der Waals surface area contributed by atoms with Gasteiger partial charge in [0, 0.05) is 15.6 Å². The van der Waals surface area contributed by atoms with E-state index in [2.05, 4.69) is 5.32 Å². The molecule has 3 aromatic rings. The maximum atomic E-state index is 13.2. The van der Waals surface area contributed by atoms with Gasteiger partial charge in [-0.2, -0.15) is 0 Å². The zero-order chi connectivity index (χ0) is 24.4. The summed E-state index contributed by atoms with van der Waals surface area (Å²) in [6.45, 7) is 3.87. The molecule has 3 aromatic carbocycles. The quantitative estimate of drug-likeness (QED) is 0.356. The Morgan fingerprint density at radius 3 is 2.53 bits per heavy atom. The smallest absolute Gasteiger partial charge is 0.335 e. The molecule has 0 aromatic heterocycles. The van der Waals surface area contributed by atoms with E-state index in [9.17, 15) is 14.4 Å². The van der Waals surface area contributed by atoms with Gasteiger partial charge in [-0.1, -0.05) is 53.5 Å². The van der Waals surface area contributed by atoms with Gasteiger partial charge in [0.15, 0.2) is 0 Å². The van der Waals surface area contributed by atoms with Crippen LogP contribution in [0.5, 0.6) is 5.75 Å². The van der Waals surface area contributed by atoms with E-state index in [-0.39, 0.29) is 12.2 Å². The molecule has 0 aliphatic carbocycles. The molecular weight excluding hydrogens is 475 g/mol. The van der Waals surface area contributed by atoms with Crippen LogP contribution in [-0.4, -0.2) is 17.8 Å². The van der Waals surface area contributed by atoms with Crippen molar-refractivity contribution in [1.82, 2.24) is 5.32 Å². The van der Waals surface area contributed by atoms with Gasteiger partial charge in [0.2, 0.25) is 0 Å². The highest BCUT2D eigenvalue weighted by atomic mass is 35.5. The number of benzene rings is 3. The molecule has 0 unspecified atom stereocenters. The van der Waals surface area contributed by atoms with Crippen LogP contribution in [0.25, 0.3) is 6.08 Å². The lowest BCUT2D eigenvalue weighted by atomic mass is 10.0. The first-order valence-electron chi connectivity index (χ1n) is 10.4. The third-order valence-electron chi connectivity index (χ3n) is 5.29. The van der Waals surface area contributed by atoms with Crippen LogP contribution in [0.2, 0.25) is 10.0 Å². The number of carbonyl (C=O) groups excluding carboxylic acids is 3. The summed E-state index contributed by atoms with van der Waals surface area (Å²) >= 11 is 12.1. The van der Waals surface area contributed by atoms with Gasteiger partial charge < -0.3 is 4.74 Å². The van der Waals surface area contributed by atoms with Crippen LogP contribution in [0.15, 0.2) is 66.2 Å². The molecule has 1 saturated heterocycles. The summed E-state index contributed by atoms with van der Waals surface area (Å²) in [5.74, 6) is -0.927. The molecule has 0 spiro atoms. The summed E-state index contributed by atoms with van der Waals surface area (Å²) in [7, 11) is 0. The molecule has 4 amide bonds. The van der Waals surface area contributed by atoms with Gasteiger partial charge in [-0.05, 0) is 66.9 Å². The van der Waals surface area contributed by atoms with Crippen molar-refractivity contribution in [2.24, 2.45) is 0 Å². The first kappa shape index (κ1) is 23.5. The summed E-state index contributed by atoms with van der Waals surface area (Å²) in [6.07, 6.45) is 1.43. The van der Waals surface area contributed by atoms with Crippen molar-refractivity contribution in [3.05, 3.63) is 98.5 Å². The van der Waals surface area contributed by atoms with E-state index in [0.717, 1.165) is 21.6 Å². The van der Waals surface area contributed by atoms with Crippen molar-refractivity contribution in [2.45, 2.75) is 20.5 Å². The molecule has 1 aliphatic heterocycles. The molecule has 0 radical (unpaired) electrons. The Morgan fingerprint density at radius 1 is 0.971 bits per heavy atom. The third-order valence-corrected chi connectivity index (χ3v) is 5.87. The number of carbonyl (C=O) groups is 3. The Balaban J connectivity index is 1.60. The van der Waals surface area contributed by atoms with Crippen LogP contribution in [0.4, 0.5) is 10.5 Å². The fraction of sp³-hybridized carbons (Fsp3) is 0.115. The fourth-order valence-corrected chi connectivity index (χ4v) is 3.96. The van der Waals surface area contributed by atoms with E-state index in [1.165, 1.54) is 6.08 Å². The second-order valence-corrected chi connectivity index (χ2v) is 8.69. The molecule has 0 bridgehead atoms. The lowest BCUT2D eigenvalue weighted by Gasteiger charge is -2.27. The number of rotatable bonds is 5. The van der Waals surface area contributed by atoms with Gasteiger partial charge in [0.25, 0.3) is 11.8 Å². The van der Waals surface area contributed by atoms with Crippen molar-refractivity contribution in [3.8, 4) is 5.75 Å². The first-order chi connectivity index (χ1) is 16.2. The molecule has 1 heterocycles. The number of nitrogens with zero attached hydrogens (tertiary/aromatic N) is 1. The maximum absolute atomic E-state index is 13.2. The second-order valence-electron chi connectivity index (χ2n) is 7.84. The number of aryl methyl sites for hydroxylation is 2. The average molecular weight is 495 g/mol. The number of anilines is 1. The number of amides is 4. The van der Waals surface area contributed by atoms with Crippen LogP contribution in [-0.2, 0) is 16.2 Å². The zero-order valence-electron chi connectivity index (χ0n) is 18.4. The molecule has 0 saturated carbocycles. The number of hydrogen-bond donors (Lipinski definition) is 1. The van der Waals surface area contributed by atoms with Crippen molar-refractivity contribution >= 4 is 52.8 Å². The molecule has 8 heteroatoms. The zero-order valence-corrected chi connectivity index (χ0v) is 19.9. The monoisotopic (exact) mass is 494 g/mol. The fourth-order valence-electron chi connectivity index (χ4n) is 3.50.